The Balaban J connectivity index is 2.17. The van der Waals surface area contributed by atoms with Gasteiger partial charge in [-0.3, -0.25) is 0 Å². The van der Waals surface area contributed by atoms with Crippen molar-refractivity contribution in [2.24, 2.45) is 11.7 Å². The molecule has 0 spiro atoms. The lowest BCUT2D eigenvalue weighted by atomic mass is 9.86. The highest BCUT2D eigenvalue weighted by atomic mass is 15.1. The Morgan fingerprint density at radius 2 is 1.75 bits per heavy atom. The first-order valence-electron chi connectivity index (χ1n) is 6.87. The summed E-state index contributed by atoms with van der Waals surface area (Å²) in [6.07, 6.45) is 7.97. The van der Waals surface area contributed by atoms with Crippen molar-refractivity contribution in [2.75, 3.05) is 13.6 Å². The van der Waals surface area contributed by atoms with Crippen LogP contribution in [-0.4, -0.2) is 30.1 Å². The second-order valence-corrected chi connectivity index (χ2v) is 6.49. The van der Waals surface area contributed by atoms with Crippen LogP contribution in [0, 0.1) is 5.92 Å². The van der Waals surface area contributed by atoms with Crippen LogP contribution in [0.25, 0.3) is 0 Å². The number of rotatable bonds is 5. The maximum atomic E-state index is 6.00. The molecule has 0 bridgehead atoms. The Labute approximate surface area is 102 Å². The topological polar surface area (TPSA) is 29.3 Å². The summed E-state index contributed by atoms with van der Waals surface area (Å²) in [7, 11) is 2.28. The van der Waals surface area contributed by atoms with Gasteiger partial charge in [-0.1, -0.05) is 6.92 Å². The normalized spacial score (nSPS) is 27.4. The van der Waals surface area contributed by atoms with Crippen molar-refractivity contribution in [3.63, 3.8) is 0 Å². The molecule has 0 unspecified atom stereocenters. The molecule has 0 amide bonds. The average Bonchev–Trinajstić information content (AvgIpc) is 2.16. The Kier molecular flexibility index (Phi) is 5.26. The van der Waals surface area contributed by atoms with E-state index in [9.17, 15) is 0 Å². The Morgan fingerprint density at radius 1 is 1.19 bits per heavy atom. The molecular weight excluding hydrogens is 196 g/mol. The monoisotopic (exact) mass is 226 g/mol. The molecule has 1 aliphatic rings. The fourth-order valence-electron chi connectivity index (χ4n) is 2.65. The first-order chi connectivity index (χ1) is 7.38. The van der Waals surface area contributed by atoms with E-state index in [1.807, 2.05) is 0 Å². The minimum Gasteiger partial charge on any atom is -0.326 e. The molecule has 0 radical (unpaired) electrons. The number of hydrogen-bond donors (Lipinski definition) is 1. The smallest absolute Gasteiger partial charge is 0.00975 e. The molecule has 0 heterocycles. The summed E-state index contributed by atoms with van der Waals surface area (Å²) in [6, 6.07) is 0.831. The van der Waals surface area contributed by atoms with Gasteiger partial charge in [0.05, 0.1) is 0 Å². The first kappa shape index (κ1) is 14.0. The SMILES string of the molecule is CC1CCC(N(C)CCCC(C)(C)N)CC1. The van der Waals surface area contributed by atoms with Gasteiger partial charge in [0.1, 0.15) is 0 Å². The van der Waals surface area contributed by atoms with E-state index < -0.39 is 0 Å². The van der Waals surface area contributed by atoms with Gasteiger partial charge in [-0.25, -0.2) is 0 Å². The van der Waals surface area contributed by atoms with E-state index in [1.54, 1.807) is 0 Å². The van der Waals surface area contributed by atoms with E-state index >= 15 is 0 Å². The maximum Gasteiger partial charge on any atom is 0.00975 e. The molecule has 2 nitrogen and oxygen atoms in total. The zero-order valence-electron chi connectivity index (χ0n) is 11.6. The van der Waals surface area contributed by atoms with Crippen molar-refractivity contribution >= 4 is 0 Å². The molecule has 0 saturated heterocycles. The first-order valence-corrected chi connectivity index (χ1v) is 6.87. The largest absolute Gasteiger partial charge is 0.326 e. The van der Waals surface area contributed by atoms with Crippen LogP contribution in [0.2, 0.25) is 0 Å². The second kappa shape index (κ2) is 6.02. The summed E-state index contributed by atoms with van der Waals surface area (Å²) in [6.45, 7) is 7.83. The van der Waals surface area contributed by atoms with Gasteiger partial charge in [0.2, 0.25) is 0 Å². The molecule has 2 heteroatoms. The number of nitrogens with two attached hydrogens (primary N) is 1. The summed E-state index contributed by atoms with van der Waals surface area (Å²) in [5.41, 5.74) is 6.00. The van der Waals surface area contributed by atoms with Crippen LogP contribution >= 0.6 is 0 Å². The van der Waals surface area contributed by atoms with E-state index in [1.165, 1.54) is 38.6 Å². The van der Waals surface area contributed by atoms with Gasteiger partial charge in [0, 0.05) is 11.6 Å². The lowest BCUT2D eigenvalue weighted by Gasteiger charge is -2.34. The van der Waals surface area contributed by atoms with Crippen LogP contribution in [-0.2, 0) is 0 Å². The minimum absolute atomic E-state index is 0.00190. The number of nitrogens with zero attached hydrogens (tertiary/aromatic N) is 1. The van der Waals surface area contributed by atoms with Crippen molar-refractivity contribution in [3.05, 3.63) is 0 Å². The van der Waals surface area contributed by atoms with Gasteiger partial charge >= 0.3 is 0 Å². The third kappa shape index (κ3) is 5.31. The third-order valence-corrected chi connectivity index (χ3v) is 3.94. The van der Waals surface area contributed by atoms with Crippen molar-refractivity contribution in [2.45, 2.75) is 70.9 Å². The summed E-state index contributed by atoms with van der Waals surface area (Å²) >= 11 is 0. The van der Waals surface area contributed by atoms with Crippen LogP contribution in [0.3, 0.4) is 0 Å². The van der Waals surface area contributed by atoms with Crippen molar-refractivity contribution in [3.8, 4) is 0 Å². The summed E-state index contributed by atoms with van der Waals surface area (Å²) < 4.78 is 0. The van der Waals surface area contributed by atoms with Crippen molar-refractivity contribution in [1.29, 1.82) is 0 Å². The molecule has 1 fully saturated rings. The zero-order valence-corrected chi connectivity index (χ0v) is 11.6. The third-order valence-electron chi connectivity index (χ3n) is 3.94. The average molecular weight is 226 g/mol. The number of hydrogen-bond acceptors (Lipinski definition) is 2. The van der Waals surface area contributed by atoms with E-state index in [0.29, 0.717) is 0 Å². The lowest BCUT2D eigenvalue weighted by molar-refractivity contribution is 0.165. The molecule has 0 aromatic heterocycles. The molecule has 0 aromatic carbocycles. The molecule has 2 N–H and O–H groups in total. The summed E-state index contributed by atoms with van der Waals surface area (Å²) in [5.74, 6) is 0.952. The van der Waals surface area contributed by atoms with Crippen LogP contribution in [0.1, 0.15) is 59.3 Å². The van der Waals surface area contributed by atoms with Crippen molar-refractivity contribution in [1.82, 2.24) is 4.90 Å². The summed E-state index contributed by atoms with van der Waals surface area (Å²) in [4.78, 5) is 2.55. The van der Waals surface area contributed by atoms with Crippen molar-refractivity contribution < 1.29 is 0 Å². The zero-order chi connectivity index (χ0) is 12.2. The van der Waals surface area contributed by atoms with Gasteiger partial charge in [0.25, 0.3) is 0 Å². The van der Waals surface area contributed by atoms with E-state index in [0.717, 1.165) is 18.4 Å². The minimum atomic E-state index is 0.00190. The fourth-order valence-corrected chi connectivity index (χ4v) is 2.65. The predicted octanol–water partition coefficient (Wildman–Crippen LogP) is 3.01. The molecule has 1 aliphatic carbocycles. The standard InChI is InChI=1S/C14H30N2/c1-12-6-8-13(9-7-12)16(4)11-5-10-14(2,3)15/h12-13H,5-11,15H2,1-4H3. The van der Waals surface area contributed by atoms with Gasteiger partial charge in [0.15, 0.2) is 0 Å². The molecule has 16 heavy (non-hydrogen) atoms. The highest BCUT2D eigenvalue weighted by Crippen LogP contribution is 2.26. The Morgan fingerprint density at radius 3 is 2.25 bits per heavy atom. The van der Waals surface area contributed by atoms with Gasteiger partial charge in [-0.15, -0.1) is 0 Å². The molecule has 1 rings (SSSR count). The van der Waals surface area contributed by atoms with Crippen LogP contribution < -0.4 is 5.73 Å². The summed E-state index contributed by atoms with van der Waals surface area (Å²) in [5, 5.41) is 0. The highest BCUT2D eigenvalue weighted by molar-refractivity contribution is 4.78. The maximum absolute atomic E-state index is 6.00. The molecule has 1 saturated carbocycles. The van der Waals surface area contributed by atoms with Gasteiger partial charge < -0.3 is 10.6 Å². The lowest BCUT2D eigenvalue weighted by Crippen LogP contribution is -2.37. The molecule has 96 valence electrons. The van der Waals surface area contributed by atoms with E-state index in [2.05, 4.69) is 32.7 Å². The molecule has 0 atom stereocenters. The molecular formula is C14H30N2. The van der Waals surface area contributed by atoms with Gasteiger partial charge in [-0.2, -0.15) is 0 Å². The van der Waals surface area contributed by atoms with Crippen LogP contribution in [0.15, 0.2) is 0 Å². The van der Waals surface area contributed by atoms with E-state index in [4.69, 9.17) is 5.73 Å². The van der Waals surface area contributed by atoms with Gasteiger partial charge in [-0.05, 0) is 71.9 Å². The Hall–Kier alpha value is -0.0800. The molecule has 0 aliphatic heterocycles. The van der Waals surface area contributed by atoms with Crippen LogP contribution in [0.5, 0.6) is 0 Å². The Bertz CT molecular complexity index is 187. The van der Waals surface area contributed by atoms with E-state index in [-0.39, 0.29) is 5.54 Å². The second-order valence-electron chi connectivity index (χ2n) is 6.49. The fraction of sp³-hybridized carbons (Fsp3) is 1.00. The quantitative estimate of drug-likeness (QED) is 0.781. The molecule has 0 aromatic rings. The highest BCUT2D eigenvalue weighted by Gasteiger charge is 2.21. The predicted molar refractivity (Wildman–Crippen MR) is 71.6 cm³/mol. The van der Waals surface area contributed by atoms with Crippen LogP contribution in [0.4, 0.5) is 0 Å².